The second-order valence-electron chi connectivity index (χ2n) is 4.16. The van der Waals surface area contributed by atoms with Crippen molar-refractivity contribution in [2.24, 2.45) is 0 Å². The van der Waals surface area contributed by atoms with Gasteiger partial charge >= 0.3 is 0 Å². The maximum absolute atomic E-state index is 13.7. The fraction of sp³-hybridized carbons (Fsp3) is 0.0769. The third-order valence-electron chi connectivity index (χ3n) is 2.79. The number of nitrogens with zero attached hydrogens (tertiary/aromatic N) is 2. The minimum absolute atomic E-state index is 0.273. The highest BCUT2D eigenvalue weighted by Crippen LogP contribution is 2.30. The van der Waals surface area contributed by atoms with Crippen molar-refractivity contribution in [3.05, 3.63) is 41.0 Å². The first-order chi connectivity index (χ1) is 10.1. The minimum Gasteiger partial charge on any atom is -0.357 e. The molecule has 2 N–H and O–H groups in total. The van der Waals surface area contributed by atoms with E-state index in [4.69, 9.17) is 0 Å². The zero-order valence-corrected chi connectivity index (χ0v) is 11.6. The van der Waals surface area contributed by atoms with Gasteiger partial charge in [-0.2, -0.15) is 4.98 Å². The van der Waals surface area contributed by atoms with Gasteiger partial charge in [-0.1, -0.05) is 0 Å². The zero-order chi connectivity index (χ0) is 15.0. The number of hydrogen-bond donors (Lipinski definition) is 2. The molecule has 0 aliphatic rings. The summed E-state index contributed by atoms with van der Waals surface area (Å²) in [6, 6.07) is 3.10. The van der Waals surface area contributed by atoms with E-state index in [0.29, 0.717) is 22.2 Å². The van der Waals surface area contributed by atoms with Crippen molar-refractivity contribution >= 4 is 39.0 Å². The first kappa shape index (κ1) is 13.6. The number of anilines is 3. The summed E-state index contributed by atoms with van der Waals surface area (Å²) in [5, 5.41) is 7.83. The molecule has 0 spiro atoms. The maximum atomic E-state index is 13.7. The SMILES string of the molecule is CNc1nc(Nc2cc(F)cc(F)c2F)c2ccsc2n1. The lowest BCUT2D eigenvalue weighted by Gasteiger charge is -2.10. The van der Waals surface area contributed by atoms with Gasteiger partial charge in [0.25, 0.3) is 0 Å². The Balaban J connectivity index is 2.11. The smallest absolute Gasteiger partial charge is 0.225 e. The molecule has 2 heterocycles. The minimum atomic E-state index is -1.26. The van der Waals surface area contributed by atoms with Crippen LogP contribution >= 0.6 is 11.3 Å². The molecule has 8 heteroatoms. The van der Waals surface area contributed by atoms with E-state index in [2.05, 4.69) is 20.6 Å². The van der Waals surface area contributed by atoms with Crippen LogP contribution in [0.1, 0.15) is 0 Å². The van der Waals surface area contributed by atoms with Crippen LogP contribution in [-0.2, 0) is 0 Å². The molecule has 0 radical (unpaired) electrons. The molecule has 1 aromatic carbocycles. The third kappa shape index (κ3) is 2.49. The number of benzene rings is 1. The van der Waals surface area contributed by atoms with Crippen LogP contribution in [0.4, 0.5) is 30.6 Å². The van der Waals surface area contributed by atoms with Crippen molar-refractivity contribution in [3.63, 3.8) is 0 Å². The summed E-state index contributed by atoms with van der Waals surface area (Å²) in [5.41, 5.74) is -0.319. The fourth-order valence-corrected chi connectivity index (χ4v) is 2.60. The van der Waals surface area contributed by atoms with Crippen LogP contribution in [0.5, 0.6) is 0 Å². The summed E-state index contributed by atoms with van der Waals surface area (Å²) in [6.07, 6.45) is 0. The van der Waals surface area contributed by atoms with E-state index in [1.165, 1.54) is 11.3 Å². The molecule has 0 fully saturated rings. The highest BCUT2D eigenvalue weighted by molar-refractivity contribution is 7.16. The molecule has 0 saturated carbocycles. The Morgan fingerprint density at radius 3 is 2.71 bits per heavy atom. The monoisotopic (exact) mass is 310 g/mol. The molecular weight excluding hydrogens is 301 g/mol. The van der Waals surface area contributed by atoms with Crippen molar-refractivity contribution in [3.8, 4) is 0 Å². The second-order valence-corrected chi connectivity index (χ2v) is 5.05. The molecule has 21 heavy (non-hydrogen) atoms. The predicted octanol–water partition coefficient (Wildman–Crippen LogP) is 3.89. The van der Waals surface area contributed by atoms with Crippen LogP contribution in [0.25, 0.3) is 10.2 Å². The average Bonchev–Trinajstić information content (AvgIpc) is 2.92. The Bertz CT molecular complexity index is 819. The number of fused-ring (bicyclic) bond motifs is 1. The van der Waals surface area contributed by atoms with Crippen molar-refractivity contribution < 1.29 is 13.2 Å². The zero-order valence-electron chi connectivity index (χ0n) is 10.7. The van der Waals surface area contributed by atoms with Gasteiger partial charge in [0.1, 0.15) is 16.5 Å². The average molecular weight is 310 g/mol. The summed E-state index contributed by atoms with van der Waals surface area (Å²) >= 11 is 1.38. The third-order valence-corrected chi connectivity index (χ3v) is 3.60. The molecular formula is C13H9F3N4S. The van der Waals surface area contributed by atoms with Gasteiger partial charge in [0, 0.05) is 19.2 Å². The maximum Gasteiger partial charge on any atom is 0.225 e. The first-order valence-corrected chi connectivity index (χ1v) is 6.81. The summed E-state index contributed by atoms with van der Waals surface area (Å²) < 4.78 is 40.2. The normalized spacial score (nSPS) is 10.9. The van der Waals surface area contributed by atoms with Crippen molar-refractivity contribution in [2.45, 2.75) is 0 Å². The summed E-state index contributed by atoms with van der Waals surface area (Å²) in [6.45, 7) is 0. The van der Waals surface area contributed by atoms with Gasteiger partial charge in [0.15, 0.2) is 11.6 Å². The summed E-state index contributed by atoms with van der Waals surface area (Å²) in [7, 11) is 1.64. The lowest BCUT2D eigenvalue weighted by Crippen LogP contribution is -2.03. The van der Waals surface area contributed by atoms with Crippen molar-refractivity contribution in [1.82, 2.24) is 9.97 Å². The molecule has 3 rings (SSSR count). The van der Waals surface area contributed by atoms with Crippen molar-refractivity contribution in [2.75, 3.05) is 17.7 Å². The molecule has 0 saturated heterocycles. The molecule has 0 unspecified atom stereocenters. The molecule has 2 aromatic heterocycles. The number of nitrogens with one attached hydrogen (secondary N) is 2. The standard InChI is InChI=1S/C13H9F3N4S/c1-17-13-19-11(7-2-3-21-12(7)20-13)18-9-5-6(14)4-8(15)10(9)16/h2-5H,1H3,(H2,17,18,19,20). The van der Waals surface area contributed by atoms with E-state index in [1.807, 2.05) is 0 Å². The number of thiophene rings is 1. The Hall–Kier alpha value is -2.35. The van der Waals surface area contributed by atoms with Gasteiger partial charge in [0.2, 0.25) is 5.95 Å². The summed E-state index contributed by atoms with van der Waals surface area (Å²) in [5.74, 6) is -2.70. The Labute approximate surface area is 121 Å². The van der Waals surface area contributed by atoms with Crippen LogP contribution in [0.15, 0.2) is 23.6 Å². The van der Waals surface area contributed by atoms with E-state index in [-0.39, 0.29) is 11.5 Å². The largest absolute Gasteiger partial charge is 0.357 e. The van der Waals surface area contributed by atoms with Crippen LogP contribution < -0.4 is 10.6 Å². The molecule has 0 amide bonds. The number of aromatic nitrogens is 2. The molecule has 0 aliphatic carbocycles. The number of hydrogen-bond acceptors (Lipinski definition) is 5. The summed E-state index contributed by atoms with van der Waals surface area (Å²) in [4.78, 5) is 9.05. The molecule has 0 bridgehead atoms. The topological polar surface area (TPSA) is 49.8 Å². The Kier molecular flexibility index (Phi) is 3.38. The van der Waals surface area contributed by atoms with Crippen LogP contribution in [0.3, 0.4) is 0 Å². The molecule has 4 nitrogen and oxygen atoms in total. The predicted molar refractivity (Wildman–Crippen MR) is 76.6 cm³/mol. The van der Waals surface area contributed by atoms with Crippen LogP contribution in [0, 0.1) is 17.5 Å². The fourth-order valence-electron chi connectivity index (χ4n) is 1.84. The second kappa shape index (κ2) is 5.21. The highest BCUT2D eigenvalue weighted by atomic mass is 32.1. The van der Waals surface area contributed by atoms with Gasteiger partial charge in [-0.25, -0.2) is 18.2 Å². The van der Waals surface area contributed by atoms with Gasteiger partial charge in [-0.05, 0) is 11.4 Å². The van der Waals surface area contributed by atoms with Gasteiger partial charge in [-0.15, -0.1) is 11.3 Å². The lowest BCUT2D eigenvalue weighted by atomic mass is 10.2. The van der Waals surface area contributed by atoms with Crippen molar-refractivity contribution in [1.29, 1.82) is 0 Å². The Morgan fingerprint density at radius 2 is 1.95 bits per heavy atom. The molecule has 0 aliphatic heterocycles. The quantitative estimate of drug-likeness (QED) is 0.721. The van der Waals surface area contributed by atoms with Gasteiger partial charge in [0.05, 0.1) is 11.1 Å². The number of halogens is 3. The van der Waals surface area contributed by atoms with Gasteiger partial charge in [-0.3, -0.25) is 0 Å². The van der Waals surface area contributed by atoms with E-state index >= 15 is 0 Å². The molecule has 108 valence electrons. The van der Waals surface area contributed by atoms with Crippen LogP contribution in [0.2, 0.25) is 0 Å². The lowest BCUT2D eigenvalue weighted by molar-refractivity contribution is 0.498. The Morgan fingerprint density at radius 1 is 1.14 bits per heavy atom. The van der Waals surface area contributed by atoms with E-state index < -0.39 is 17.5 Å². The van der Waals surface area contributed by atoms with Crippen LogP contribution in [-0.4, -0.2) is 17.0 Å². The van der Waals surface area contributed by atoms with E-state index in [1.54, 1.807) is 18.5 Å². The van der Waals surface area contributed by atoms with E-state index in [0.717, 1.165) is 6.07 Å². The molecule has 0 atom stereocenters. The van der Waals surface area contributed by atoms with Gasteiger partial charge < -0.3 is 10.6 Å². The molecule has 3 aromatic rings. The highest BCUT2D eigenvalue weighted by Gasteiger charge is 2.14. The van der Waals surface area contributed by atoms with E-state index in [9.17, 15) is 13.2 Å². The first-order valence-electron chi connectivity index (χ1n) is 5.93. The number of rotatable bonds is 3.